The summed E-state index contributed by atoms with van der Waals surface area (Å²) in [6, 6.07) is 0. The van der Waals surface area contributed by atoms with Gasteiger partial charge in [-0.15, -0.1) is 0 Å². The Morgan fingerprint density at radius 3 is 2.69 bits per heavy atom. The topological polar surface area (TPSA) is 23.5 Å². The summed E-state index contributed by atoms with van der Waals surface area (Å²) in [5.41, 5.74) is 1.74. The molecule has 3 aliphatic rings. The first-order valence-electron chi connectivity index (χ1n) is 6.43. The lowest BCUT2D eigenvalue weighted by atomic mass is 10.0. The molecule has 2 unspecified atom stereocenters. The Bertz CT molecular complexity index is 333. The third-order valence-corrected chi connectivity index (χ3v) is 4.80. The number of aliphatic hydroxyl groups is 1. The van der Waals surface area contributed by atoms with E-state index in [1.54, 1.807) is 0 Å². The Balaban J connectivity index is 1.54. The second-order valence-corrected chi connectivity index (χ2v) is 5.83. The number of allylic oxidation sites excluding steroid dienone is 2. The van der Waals surface area contributed by atoms with E-state index in [0.717, 1.165) is 18.4 Å². The highest BCUT2D eigenvalue weighted by Crippen LogP contribution is 2.61. The van der Waals surface area contributed by atoms with Crippen LogP contribution >= 0.6 is 0 Å². The first-order valence-corrected chi connectivity index (χ1v) is 6.43. The third-order valence-electron chi connectivity index (χ3n) is 4.80. The van der Waals surface area contributed by atoms with Crippen LogP contribution in [0.5, 0.6) is 0 Å². The predicted octanol–water partition coefficient (Wildman–Crippen LogP) is 1.82. The highest BCUT2D eigenvalue weighted by molar-refractivity contribution is 5.25. The molecule has 2 heteroatoms. The molecule has 2 aliphatic carbocycles. The van der Waals surface area contributed by atoms with E-state index in [1.807, 2.05) is 0 Å². The summed E-state index contributed by atoms with van der Waals surface area (Å²) in [5.74, 6) is 1.51. The lowest BCUT2D eigenvalue weighted by Crippen LogP contribution is -2.30. The summed E-state index contributed by atoms with van der Waals surface area (Å²) in [7, 11) is 0. The molecule has 1 saturated carbocycles. The van der Waals surface area contributed by atoms with E-state index < -0.39 is 0 Å². The van der Waals surface area contributed by atoms with Crippen molar-refractivity contribution in [3.8, 4) is 0 Å². The highest BCUT2D eigenvalue weighted by atomic mass is 16.3. The van der Waals surface area contributed by atoms with Crippen molar-refractivity contribution in [3.63, 3.8) is 0 Å². The standard InChI is InChI=1S/C14H21NO/c1-14(10-16)12-8-15(9-13(12)14)7-11-5-3-2-4-6-11/h3,5-6,12-13,16H,2,4,7-10H2,1H3. The van der Waals surface area contributed by atoms with Gasteiger partial charge >= 0.3 is 0 Å². The van der Waals surface area contributed by atoms with Gasteiger partial charge in [0.2, 0.25) is 0 Å². The van der Waals surface area contributed by atoms with Crippen LogP contribution in [-0.2, 0) is 0 Å². The average Bonchev–Trinajstić information content (AvgIpc) is 2.69. The monoisotopic (exact) mass is 219 g/mol. The number of nitrogens with zero attached hydrogens (tertiary/aromatic N) is 1. The lowest BCUT2D eigenvalue weighted by molar-refractivity contribution is 0.167. The number of piperidine rings is 1. The van der Waals surface area contributed by atoms with Gasteiger partial charge in [-0.2, -0.15) is 0 Å². The van der Waals surface area contributed by atoms with Crippen molar-refractivity contribution >= 4 is 0 Å². The van der Waals surface area contributed by atoms with Gasteiger partial charge in [-0.1, -0.05) is 25.2 Å². The molecule has 1 N–H and O–H groups in total. The minimum Gasteiger partial charge on any atom is -0.396 e. The molecule has 3 rings (SSSR count). The van der Waals surface area contributed by atoms with Crippen LogP contribution in [0.3, 0.4) is 0 Å². The van der Waals surface area contributed by atoms with E-state index in [4.69, 9.17) is 0 Å². The second kappa shape index (κ2) is 3.71. The van der Waals surface area contributed by atoms with Crippen LogP contribution in [-0.4, -0.2) is 36.2 Å². The molecule has 2 atom stereocenters. The summed E-state index contributed by atoms with van der Waals surface area (Å²) < 4.78 is 0. The smallest absolute Gasteiger partial charge is 0.0491 e. The zero-order valence-corrected chi connectivity index (χ0v) is 10.0. The van der Waals surface area contributed by atoms with E-state index in [9.17, 15) is 5.11 Å². The zero-order valence-electron chi connectivity index (χ0n) is 10.0. The van der Waals surface area contributed by atoms with Crippen LogP contribution < -0.4 is 0 Å². The van der Waals surface area contributed by atoms with Crippen LogP contribution in [0.4, 0.5) is 0 Å². The molecule has 16 heavy (non-hydrogen) atoms. The highest BCUT2D eigenvalue weighted by Gasteiger charge is 2.64. The van der Waals surface area contributed by atoms with E-state index in [0.29, 0.717) is 6.61 Å². The van der Waals surface area contributed by atoms with Crippen LogP contribution in [0, 0.1) is 17.3 Å². The molecule has 0 aromatic rings. The maximum atomic E-state index is 9.34. The molecular formula is C14H21NO. The van der Waals surface area contributed by atoms with Crippen LogP contribution in [0.2, 0.25) is 0 Å². The second-order valence-electron chi connectivity index (χ2n) is 5.83. The third kappa shape index (κ3) is 1.56. The average molecular weight is 219 g/mol. The van der Waals surface area contributed by atoms with Crippen molar-refractivity contribution in [2.45, 2.75) is 19.8 Å². The molecular weight excluding hydrogens is 198 g/mol. The Labute approximate surface area is 97.6 Å². The van der Waals surface area contributed by atoms with Gasteiger partial charge in [-0.3, -0.25) is 4.90 Å². The number of hydrogen-bond acceptors (Lipinski definition) is 2. The van der Waals surface area contributed by atoms with E-state index in [1.165, 1.54) is 31.5 Å². The van der Waals surface area contributed by atoms with Gasteiger partial charge in [-0.05, 0) is 35.7 Å². The molecule has 88 valence electrons. The number of rotatable bonds is 3. The molecule has 1 heterocycles. The van der Waals surface area contributed by atoms with Gasteiger partial charge in [-0.25, -0.2) is 0 Å². The summed E-state index contributed by atoms with van der Waals surface area (Å²) in [4.78, 5) is 2.55. The van der Waals surface area contributed by atoms with E-state index in [2.05, 4.69) is 30.1 Å². The Morgan fingerprint density at radius 2 is 2.12 bits per heavy atom. The fourth-order valence-electron chi connectivity index (χ4n) is 3.47. The van der Waals surface area contributed by atoms with E-state index >= 15 is 0 Å². The fourth-order valence-corrected chi connectivity index (χ4v) is 3.47. The largest absolute Gasteiger partial charge is 0.396 e. The van der Waals surface area contributed by atoms with Gasteiger partial charge in [0, 0.05) is 26.2 Å². The van der Waals surface area contributed by atoms with Crippen molar-refractivity contribution < 1.29 is 5.11 Å². The number of hydrogen-bond donors (Lipinski definition) is 1. The van der Waals surface area contributed by atoms with Gasteiger partial charge < -0.3 is 5.11 Å². The molecule has 0 aromatic heterocycles. The zero-order chi connectivity index (χ0) is 11.2. The molecule has 1 aliphatic heterocycles. The molecule has 0 radical (unpaired) electrons. The van der Waals surface area contributed by atoms with Crippen molar-refractivity contribution in [1.82, 2.24) is 4.90 Å². The normalized spacial score (nSPS) is 42.0. The SMILES string of the molecule is CC1(CO)C2CN(CC3=CCCC=C3)CC21. The number of fused-ring (bicyclic) bond motifs is 1. The van der Waals surface area contributed by atoms with Crippen molar-refractivity contribution in [2.75, 3.05) is 26.2 Å². The number of likely N-dealkylation sites (tertiary alicyclic amines) is 1. The van der Waals surface area contributed by atoms with Gasteiger partial charge in [0.05, 0.1) is 0 Å². The molecule has 2 nitrogen and oxygen atoms in total. The quantitative estimate of drug-likeness (QED) is 0.782. The molecule has 2 fully saturated rings. The van der Waals surface area contributed by atoms with Gasteiger partial charge in [0.1, 0.15) is 0 Å². The molecule has 0 bridgehead atoms. The first-order chi connectivity index (χ1) is 7.74. The van der Waals surface area contributed by atoms with Crippen molar-refractivity contribution in [3.05, 3.63) is 23.8 Å². The van der Waals surface area contributed by atoms with Crippen molar-refractivity contribution in [2.24, 2.45) is 17.3 Å². The van der Waals surface area contributed by atoms with Gasteiger partial charge in [0.25, 0.3) is 0 Å². The van der Waals surface area contributed by atoms with Crippen molar-refractivity contribution in [1.29, 1.82) is 0 Å². The van der Waals surface area contributed by atoms with Gasteiger partial charge in [0.15, 0.2) is 0 Å². The summed E-state index contributed by atoms with van der Waals surface area (Å²) in [6.45, 7) is 6.10. The predicted molar refractivity (Wildman–Crippen MR) is 65.1 cm³/mol. The van der Waals surface area contributed by atoms with Crippen LogP contribution in [0.25, 0.3) is 0 Å². The molecule has 0 spiro atoms. The summed E-state index contributed by atoms with van der Waals surface area (Å²) in [6.07, 6.45) is 9.34. The Morgan fingerprint density at radius 1 is 1.38 bits per heavy atom. The Kier molecular flexibility index (Phi) is 2.45. The summed E-state index contributed by atoms with van der Waals surface area (Å²) in [5, 5.41) is 9.34. The number of aliphatic hydroxyl groups excluding tert-OH is 1. The molecule has 1 saturated heterocycles. The molecule has 0 amide bonds. The van der Waals surface area contributed by atoms with E-state index in [-0.39, 0.29) is 5.41 Å². The lowest BCUT2D eigenvalue weighted by Gasteiger charge is -2.23. The first kappa shape index (κ1) is 10.5. The van der Waals surface area contributed by atoms with Crippen LogP contribution in [0.1, 0.15) is 19.8 Å². The minimum atomic E-state index is 0.257. The summed E-state index contributed by atoms with van der Waals surface area (Å²) >= 11 is 0. The minimum absolute atomic E-state index is 0.257. The molecule has 0 aromatic carbocycles. The van der Waals surface area contributed by atoms with Crippen LogP contribution in [0.15, 0.2) is 23.8 Å². The maximum Gasteiger partial charge on any atom is 0.0491 e. The maximum absolute atomic E-state index is 9.34. The Hall–Kier alpha value is -0.600. The fraction of sp³-hybridized carbons (Fsp3) is 0.714.